The van der Waals surface area contributed by atoms with Gasteiger partial charge in [-0.05, 0) is 45.9 Å². The van der Waals surface area contributed by atoms with Crippen LogP contribution in [0.1, 0.15) is 44.4 Å². The molecule has 1 aliphatic heterocycles. The molecule has 0 aromatic heterocycles. The van der Waals surface area contributed by atoms with Crippen molar-refractivity contribution < 1.29 is 14.3 Å². The minimum absolute atomic E-state index is 0.126. The second-order valence-corrected chi connectivity index (χ2v) is 7.77. The molecule has 1 amide bonds. The first-order chi connectivity index (χ1) is 12.2. The molecule has 138 valence electrons. The lowest BCUT2D eigenvalue weighted by atomic mass is 9.89. The number of benzene rings is 2. The fourth-order valence-electron chi connectivity index (χ4n) is 3.18. The van der Waals surface area contributed by atoms with Crippen LogP contribution in [-0.4, -0.2) is 17.6 Å². The highest BCUT2D eigenvalue weighted by molar-refractivity contribution is 6.32. The first-order valence-electron chi connectivity index (χ1n) is 8.76. The molecule has 0 saturated carbocycles. The largest absolute Gasteiger partial charge is 0.487 e. The smallest absolute Gasteiger partial charge is 0.261 e. The summed E-state index contributed by atoms with van der Waals surface area (Å²) < 4.78 is 11.8. The van der Waals surface area contributed by atoms with Crippen LogP contribution < -0.4 is 14.8 Å². The van der Waals surface area contributed by atoms with Crippen molar-refractivity contribution in [1.29, 1.82) is 0 Å². The Bertz CT molecular complexity index is 819. The van der Waals surface area contributed by atoms with Crippen molar-refractivity contribution in [3.63, 3.8) is 0 Å². The molecule has 5 heteroatoms. The Morgan fingerprint density at radius 1 is 1.31 bits per heavy atom. The standard InChI is InChI=1S/C21H24ClNO3/c1-13-9-10-18-15(11-13)17(12-21(3,4)26-18)23-20(24)14(2)25-19-8-6-5-7-16(19)22/h5-11,14,17H,12H2,1-4H3,(H,23,24)/t14-,17-/m1/s1. The Hall–Kier alpha value is -2.20. The van der Waals surface area contributed by atoms with Crippen molar-refractivity contribution in [3.05, 3.63) is 58.6 Å². The van der Waals surface area contributed by atoms with Gasteiger partial charge in [0.25, 0.3) is 5.91 Å². The average Bonchev–Trinajstić information content (AvgIpc) is 2.57. The normalized spacial score (nSPS) is 19.0. The molecule has 4 nitrogen and oxygen atoms in total. The summed E-state index contributed by atoms with van der Waals surface area (Å²) in [7, 11) is 0. The second kappa shape index (κ2) is 7.20. The van der Waals surface area contributed by atoms with Crippen LogP contribution >= 0.6 is 11.6 Å². The Morgan fingerprint density at radius 2 is 2.04 bits per heavy atom. The lowest BCUT2D eigenvalue weighted by molar-refractivity contribution is -0.128. The molecular weight excluding hydrogens is 350 g/mol. The van der Waals surface area contributed by atoms with E-state index in [0.29, 0.717) is 17.2 Å². The van der Waals surface area contributed by atoms with Crippen LogP contribution in [0.4, 0.5) is 0 Å². The Balaban J connectivity index is 1.76. The minimum atomic E-state index is -0.658. The summed E-state index contributed by atoms with van der Waals surface area (Å²) in [6.45, 7) is 7.81. The zero-order valence-corrected chi connectivity index (χ0v) is 16.3. The van der Waals surface area contributed by atoms with Gasteiger partial charge in [0, 0.05) is 12.0 Å². The topological polar surface area (TPSA) is 47.6 Å². The van der Waals surface area contributed by atoms with Crippen LogP contribution in [0.3, 0.4) is 0 Å². The van der Waals surface area contributed by atoms with Gasteiger partial charge in [-0.3, -0.25) is 4.79 Å². The quantitative estimate of drug-likeness (QED) is 0.834. The highest BCUT2D eigenvalue weighted by Gasteiger charge is 2.35. The van der Waals surface area contributed by atoms with E-state index >= 15 is 0 Å². The highest BCUT2D eigenvalue weighted by atomic mass is 35.5. The Morgan fingerprint density at radius 3 is 2.77 bits per heavy atom. The minimum Gasteiger partial charge on any atom is -0.487 e. The van der Waals surface area contributed by atoms with Crippen LogP contribution in [0.15, 0.2) is 42.5 Å². The molecule has 2 atom stereocenters. The van der Waals surface area contributed by atoms with Crippen molar-refractivity contribution in [2.75, 3.05) is 0 Å². The van der Waals surface area contributed by atoms with Gasteiger partial charge in [0.15, 0.2) is 6.10 Å². The van der Waals surface area contributed by atoms with Gasteiger partial charge >= 0.3 is 0 Å². The number of hydrogen-bond acceptors (Lipinski definition) is 3. The van der Waals surface area contributed by atoms with E-state index in [4.69, 9.17) is 21.1 Å². The maximum absolute atomic E-state index is 12.7. The molecule has 0 fully saturated rings. The molecular formula is C21H24ClNO3. The van der Waals surface area contributed by atoms with Gasteiger partial charge in [-0.15, -0.1) is 0 Å². The van der Waals surface area contributed by atoms with Crippen molar-refractivity contribution >= 4 is 17.5 Å². The maximum Gasteiger partial charge on any atom is 0.261 e. The summed E-state index contributed by atoms with van der Waals surface area (Å²) in [5, 5.41) is 3.60. The number of fused-ring (bicyclic) bond motifs is 1. The molecule has 2 aromatic carbocycles. The fourth-order valence-corrected chi connectivity index (χ4v) is 3.36. The summed E-state index contributed by atoms with van der Waals surface area (Å²) in [5.74, 6) is 1.14. The number of carbonyl (C=O) groups is 1. The second-order valence-electron chi connectivity index (χ2n) is 7.36. The molecule has 26 heavy (non-hydrogen) atoms. The van der Waals surface area contributed by atoms with E-state index in [1.165, 1.54) is 0 Å². The number of halogens is 1. The number of nitrogens with one attached hydrogen (secondary N) is 1. The molecule has 1 aliphatic rings. The third kappa shape index (κ3) is 4.13. The monoisotopic (exact) mass is 373 g/mol. The molecule has 0 spiro atoms. The van der Waals surface area contributed by atoms with Gasteiger partial charge in [0.2, 0.25) is 0 Å². The fraction of sp³-hybridized carbons (Fsp3) is 0.381. The zero-order chi connectivity index (χ0) is 18.9. The third-order valence-electron chi connectivity index (χ3n) is 4.45. The number of para-hydroxylation sites is 1. The lowest BCUT2D eigenvalue weighted by Crippen LogP contribution is -2.44. The third-order valence-corrected chi connectivity index (χ3v) is 4.76. The predicted molar refractivity (Wildman–Crippen MR) is 103 cm³/mol. The van der Waals surface area contributed by atoms with E-state index in [9.17, 15) is 4.79 Å². The van der Waals surface area contributed by atoms with Crippen LogP contribution in [0.2, 0.25) is 5.02 Å². The highest BCUT2D eigenvalue weighted by Crippen LogP contribution is 2.40. The van der Waals surface area contributed by atoms with Crippen LogP contribution in [-0.2, 0) is 4.79 Å². The van der Waals surface area contributed by atoms with Gasteiger partial charge in [0.1, 0.15) is 17.1 Å². The van der Waals surface area contributed by atoms with E-state index in [1.807, 2.05) is 45.0 Å². The molecule has 0 saturated heterocycles. The summed E-state index contributed by atoms with van der Waals surface area (Å²) >= 11 is 6.11. The Kier molecular flexibility index (Phi) is 5.15. The summed E-state index contributed by atoms with van der Waals surface area (Å²) in [6.07, 6.45) is 0.0303. The van der Waals surface area contributed by atoms with E-state index in [2.05, 4.69) is 11.4 Å². The number of rotatable bonds is 4. The van der Waals surface area contributed by atoms with Crippen molar-refractivity contribution in [2.45, 2.75) is 51.9 Å². The molecule has 1 N–H and O–H groups in total. The SMILES string of the molecule is Cc1ccc2c(c1)[C@H](NC(=O)[C@@H](C)Oc1ccccc1Cl)CC(C)(C)O2. The van der Waals surface area contributed by atoms with E-state index in [1.54, 1.807) is 19.1 Å². The lowest BCUT2D eigenvalue weighted by Gasteiger charge is -2.38. The summed E-state index contributed by atoms with van der Waals surface area (Å²) in [6, 6.07) is 13.1. The van der Waals surface area contributed by atoms with Crippen LogP contribution in [0.5, 0.6) is 11.5 Å². The van der Waals surface area contributed by atoms with Gasteiger partial charge in [0.05, 0.1) is 11.1 Å². The van der Waals surface area contributed by atoms with Gasteiger partial charge in [-0.25, -0.2) is 0 Å². The Labute approximate surface area is 159 Å². The van der Waals surface area contributed by atoms with Crippen molar-refractivity contribution in [1.82, 2.24) is 5.32 Å². The first-order valence-corrected chi connectivity index (χ1v) is 9.14. The number of carbonyl (C=O) groups excluding carboxylic acids is 1. The van der Waals surface area contributed by atoms with E-state index < -0.39 is 6.10 Å². The number of ether oxygens (including phenoxy) is 2. The first kappa shape index (κ1) is 18.6. The molecule has 0 aliphatic carbocycles. The van der Waals surface area contributed by atoms with Crippen molar-refractivity contribution in [3.8, 4) is 11.5 Å². The molecule has 0 unspecified atom stereocenters. The maximum atomic E-state index is 12.7. The van der Waals surface area contributed by atoms with Gasteiger partial charge in [-0.2, -0.15) is 0 Å². The van der Waals surface area contributed by atoms with Crippen molar-refractivity contribution in [2.24, 2.45) is 0 Å². The molecule has 0 radical (unpaired) electrons. The molecule has 0 bridgehead atoms. The van der Waals surface area contributed by atoms with Gasteiger partial charge in [-0.1, -0.05) is 41.4 Å². The summed E-state index contributed by atoms with van der Waals surface area (Å²) in [4.78, 5) is 12.7. The molecule has 2 aromatic rings. The zero-order valence-electron chi connectivity index (χ0n) is 15.5. The predicted octanol–water partition coefficient (Wildman–Crippen LogP) is 4.83. The number of hydrogen-bond donors (Lipinski definition) is 1. The number of amides is 1. The molecule has 1 heterocycles. The van der Waals surface area contributed by atoms with E-state index in [-0.39, 0.29) is 17.6 Å². The van der Waals surface area contributed by atoms with E-state index in [0.717, 1.165) is 16.9 Å². The van der Waals surface area contributed by atoms with Crippen LogP contribution in [0.25, 0.3) is 0 Å². The number of aryl methyl sites for hydroxylation is 1. The van der Waals surface area contributed by atoms with Gasteiger partial charge < -0.3 is 14.8 Å². The summed E-state index contributed by atoms with van der Waals surface area (Å²) in [5.41, 5.74) is 1.78. The molecule has 3 rings (SSSR count). The average molecular weight is 374 g/mol. The van der Waals surface area contributed by atoms with Crippen LogP contribution in [0, 0.1) is 6.92 Å².